The molecule has 0 aliphatic heterocycles. The predicted octanol–water partition coefficient (Wildman–Crippen LogP) is 1.42. The van der Waals surface area contributed by atoms with E-state index in [1.807, 2.05) is 0 Å². The van der Waals surface area contributed by atoms with Crippen LogP contribution < -0.4 is 0 Å². The van der Waals surface area contributed by atoms with Crippen LogP contribution in [-0.2, 0) is 0 Å². The van der Waals surface area contributed by atoms with Crippen molar-refractivity contribution in [3.63, 3.8) is 0 Å². The van der Waals surface area contributed by atoms with Crippen LogP contribution in [0.15, 0.2) is 35.5 Å². The molecule has 0 radical (unpaired) electrons. The highest BCUT2D eigenvalue weighted by molar-refractivity contribution is 5.79. The molecule has 0 saturated carbocycles. The highest BCUT2D eigenvalue weighted by Crippen LogP contribution is 2.44. The van der Waals surface area contributed by atoms with Crippen LogP contribution in [0.5, 0.6) is 0 Å². The van der Waals surface area contributed by atoms with Gasteiger partial charge in [-0.1, -0.05) is 6.58 Å². The van der Waals surface area contributed by atoms with Crippen molar-refractivity contribution in [2.75, 3.05) is 0 Å². The molecular weight excluding hydrogens is 72.1 g/mol. The maximum absolute atomic E-state index is 3.74. The van der Waals surface area contributed by atoms with Crippen molar-refractivity contribution in [3.8, 4) is 0 Å². The van der Waals surface area contributed by atoms with Crippen LogP contribution >= 0.6 is 0 Å². The van der Waals surface area contributed by atoms with Gasteiger partial charge in [-0.25, -0.2) is 0 Å². The fraction of sp³-hybridized carbons (Fsp3) is 0. The molecule has 0 atom stereocenters. The quantitative estimate of drug-likeness (QED) is 0.409. The van der Waals surface area contributed by atoms with E-state index in [0.717, 1.165) is 0 Å². The summed E-state index contributed by atoms with van der Waals surface area (Å²) in [4.78, 5) is 0. The Morgan fingerprint density at radius 2 is 2.17 bits per heavy atom. The van der Waals surface area contributed by atoms with Crippen LogP contribution in [0, 0.1) is 0 Å². The third kappa shape index (κ3) is 0.0908. The molecule has 0 heterocycles. The summed E-state index contributed by atoms with van der Waals surface area (Å²) >= 11 is 0. The summed E-state index contributed by atoms with van der Waals surface area (Å²) in [7, 11) is 0. The molecule has 2 rings (SSSR count). The molecule has 0 amide bonds. The highest BCUT2D eigenvalue weighted by Gasteiger charge is 2.26. The second-order valence-corrected chi connectivity index (χ2v) is 1.68. The Bertz CT molecular complexity index is 180. The van der Waals surface area contributed by atoms with Crippen LogP contribution in [-0.4, -0.2) is 0 Å². The molecule has 0 spiro atoms. The van der Waals surface area contributed by atoms with Crippen LogP contribution in [0.3, 0.4) is 0 Å². The van der Waals surface area contributed by atoms with Gasteiger partial charge in [-0.15, -0.1) is 0 Å². The first-order valence-electron chi connectivity index (χ1n) is 2.01. The summed E-state index contributed by atoms with van der Waals surface area (Å²) in [5.74, 6) is 0. The van der Waals surface area contributed by atoms with Gasteiger partial charge >= 0.3 is 0 Å². The largest absolute Gasteiger partial charge is 0.0911 e. The van der Waals surface area contributed by atoms with Gasteiger partial charge in [-0.05, 0) is 28.9 Å². The first-order chi connectivity index (χ1) is 2.88. The molecule has 0 bridgehead atoms. The molecular formula is C6H4. The summed E-state index contributed by atoms with van der Waals surface area (Å²) in [6, 6.07) is 0. The molecule has 28 valence electrons. The molecule has 0 nitrogen and oxygen atoms in total. The lowest BCUT2D eigenvalue weighted by molar-refractivity contribution is 1.57. The molecule has 0 aromatic carbocycles. The molecule has 0 saturated heterocycles. The van der Waals surface area contributed by atoms with Crippen LogP contribution in [0.4, 0.5) is 0 Å². The Hall–Kier alpha value is -0.780. The van der Waals surface area contributed by atoms with E-state index in [-0.39, 0.29) is 0 Å². The Morgan fingerprint density at radius 1 is 1.33 bits per heavy atom. The Labute approximate surface area is 36.5 Å². The second kappa shape index (κ2) is 0.419. The van der Waals surface area contributed by atoms with E-state index in [9.17, 15) is 0 Å². The van der Waals surface area contributed by atoms with E-state index < -0.39 is 0 Å². The molecule has 0 aromatic rings. The molecule has 0 N–H and O–H groups in total. The van der Waals surface area contributed by atoms with Gasteiger partial charge in [0.2, 0.25) is 0 Å². The molecule has 0 fully saturated rings. The summed E-state index contributed by atoms with van der Waals surface area (Å²) in [5.41, 5.74) is 4.03. The van der Waals surface area contributed by atoms with Gasteiger partial charge in [0, 0.05) is 0 Å². The van der Waals surface area contributed by atoms with E-state index in [2.05, 4.69) is 18.7 Å². The summed E-state index contributed by atoms with van der Waals surface area (Å²) < 4.78 is 0. The topological polar surface area (TPSA) is 0 Å². The standard InChI is InChI=1S/C6H4/c1-4-2-5-3-6(4)5/h2-3H,1H2. The average molecular weight is 76.1 g/mol. The maximum Gasteiger partial charge on any atom is -0.0111 e. The molecule has 0 aromatic heterocycles. The Kier molecular flexibility index (Phi) is 0.168. The minimum absolute atomic E-state index is 1.21. The van der Waals surface area contributed by atoms with Gasteiger partial charge in [0.25, 0.3) is 0 Å². The monoisotopic (exact) mass is 76.0 g/mol. The fourth-order valence-electron chi connectivity index (χ4n) is 0.705. The van der Waals surface area contributed by atoms with E-state index in [0.29, 0.717) is 0 Å². The molecule has 2 aliphatic rings. The fourth-order valence-corrected chi connectivity index (χ4v) is 0.705. The zero-order chi connectivity index (χ0) is 4.15. The van der Waals surface area contributed by atoms with Crippen molar-refractivity contribution in [2.24, 2.45) is 0 Å². The number of rotatable bonds is 0. The normalized spacial score (nSPS) is 23.7. The minimum Gasteiger partial charge on any atom is -0.0911 e. The van der Waals surface area contributed by atoms with Crippen molar-refractivity contribution >= 4 is 0 Å². The highest BCUT2D eigenvalue weighted by atomic mass is 14.3. The van der Waals surface area contributed by atoms with Crippen LogP contribution in [0.25, 0.3) is 0 Å². The van der Waals surface area contributed by atoms with Gasteiger partial charge in [0.1, 0.15) is 0 Å². The van der Waals surface area contributed by atoms with Gasteiger partial charge < -0.3 is 0 Å². The predicted molar refractivity (Wildman–Crippen MR) is 25.3 cm³/mol. The molecule has 0 unspecified atom stereocenters. The van der Waals surface area contributed by atoms with Crippen molar-refractivity contribution < 1.29 is 0 Å². The lowest BCUT2D eigenvalue weighted by Crippen LogP contribution is -1.79. The lowest BCUT2D eigenvalue weighted by atomic mass is 10.1. The van der Waals surface area contributed by atoms with E-state index in [4.69, 9.17) is 0 Å². The second-order valence-electron chi connectivity index (χ2n) is 1.68. The smallest absolute Gasteiger partial charge is 0.0111 e. The SMILES string of the molecule is C=C1C=C2C=C12. The molecule has 6 heavy (non-hydrogen) atoms. The molecule has 0 heteroatoms. The van der Waals surface area contributed by atoms with Gasteiger partial charge in [0.05, 0.1) is 0 Å². The van der Waals surface area contributed by atoms with Gasteiger partial charge in [-0.3, -0.25) is 0 Å². The van der Waals surface area contributed by atoms with Crippen molar-refractivity contribution in [1.29, 1.82) is 0 Å². The van der Waals surface area contributed by atoms with Gasteiger partial charge in [0.15, 0.2) is 0 Å². The van der Waals surface area contributed by atoms with Crippen LogP contribution in [0.1, 0.15) is 0 Å². The number of hydrogen-bond donors (Lipinski definition) is 0. The third-order valence-electron chi connectivity index (χ3n) is 1.20. The first-order valence-corrected chi connectivity index (χ1v) is 2.01. The Balaban J connectivity index is 2.75. The van der Waals surface area contributed by atoms with E-state index >= 15 is 0 Å². The first kappa shape index (κ1) is 2.40. The summed E-state index contributed by atoms with van der Waals surface area (Å²) in [6.07, 6.45) is 4.23. The van der Waals surface area contributed by atoms with Crippen LogP contribution in [0.2, 0.25) is 0 Å². The molecule has 2 aliphatic carbocycles. The summed E-state index contributed by atoms with van der Waals surface area (Å²) in [5, 5.41) is 0. The average Bonchev–Trinajstić information content (AvgIpc) is 2.12. The van der Waals surface area contributed by atoms with Gasteiger partial charge in [-0.2, -0.15) is 0 Å². The maximum atomic E-state index is 3.74. The van der Waals surface area contributed by atoms with Crippen molar-refractivity contribution in [1.82, 2.24) is 0 Å². The zero-order valence-corrected chi connectivity index (χ0v) is 3.36. The van der Waals surface area contributed by atoms with Crippen molar-refractivity contribution in [3.05, 3.63) is 35.5 Å². The van der Waals surface area contributed by atoms with E-state index in [1.54, 1.807) is 0 Å². The number of allylic oxidation sites excluding steroid dienone is 5. The van der Waals surface area contributed by atoms with Crippen molar-refractivity contribution in [2.45, 2.75) is 0 Å². The zero-order valence-electron chi connectivity index (χ0n) is 3.36. The lowest BCUT2D eigenvalue weighted by Gasteiger charge is -1.97. The van der Waals surface area contributed by atoms with E-state index in [1.165, 1.54) is 16.7 Å². The number of hydrogen-bond acceptors (Lipinski definition) is 0. The Morgan fingerprint density at radius 3 is 2.17 bits per heavy atom. The minimum atomic E-state index is 1.21. The third-order valence-corrected chi connectivity index (χ3v) is 1.20. The number of fused-ring (bicyclic) bond motifs is 1. The summed E-state index contributed by atoms with van der Waals surface area (Å²) in [6.45, 7) is 3.74.